The number of carbonyl (C=O) groups excluding carboxylic acids is 3. The fourth-order valence-corrected chi connectivity index (χ4v) is 6.23. The average molecular weight is 524 g/mol. The minimum Gasteiger partial charge on any atom is -0.481 e. The number of aromatic nitrogens is 1. The molecule has 0 spiro atoms. The quantitative estimate of drug-likeness (QED) is 0.573. The highest BCUT2D eigenvalue weighted by molar-refractivity contribution is 5.99. The van der Waals surface area contributed by atoms with Crippen LogP contribution >= 0.6 is 0 Å². The van der Waals surface area contributed by atoms with Crippen LogP contribution < -0.4 is 10.1 Å². The van der Waals surface area contributed by atoms with Gasteiger partial charge in [0, 0.05) is 42.6 Å². The standard InChI is InChI=1S/C29H34FN3O5/c1-29(2)9-7-17-14-19(15-21(30)25(17)29)31-27(35)26-20-5-6-23(37-3)32-22(20)8-10-33(26)28(36)18-11-16(12-18)13-24(34)38-4/h5-6,14-16,18,26H,7-13H2,1-4H3,(H,31,35)/t16?,18?,26-/m1/s1. The first-order valence-electron chi connectivity index (χ1n) is 13.2. The molecule has 1 fully saturated rings. The summed E-state index contributed by atoms with van der Waals surface area (Å²) in [7, 11) is 2.89. The highest BCUT2D eigenvalue weighted by Gasteiger charge is 2.44. The Balaban J connectivity index is 1.40. The third kappa shape index (κ3) is 4.74. The van der Waals surface area contributed by atoms with Crippen molar-refractivity contribution in [3.63, 3.8) is 0 Å². The molecule has 5 rings (SSSR count). The van der Waals surface area contributed by atoms with Crippen molar-refractivity contribution in [1.82, 2.24) is 9.88 Å². The summed E-state index contributed by atoms with van der Waals surface area (Å²) >= 11 is 0. The van der Waals surface area contributed by atoms with Crippen LogP contribution in [0.25, 0.3) is 0 Å². The first-order chi connectivity index (χ1) is 18.1. The molecule has 38 heavy (non-hydrogen) atoms. The Morgan fingerprint density at radius 2 is 1.92 bits per heavy atom. The van der Waals surface area contributed by atoms with Crippen LogP contribution in [0.15, 0.2) is 24.3 Å². The van der Waals surface area contributed by atoms with Crippen molar-refractivity contribution >= 4 is 23.5 Å². The van der Waals surface area contributed by atoms with Gasteiger partial charge in [-0.1, -0.05) is 13.8 Å². The Hall–Kier alpha value is -3.49. The smallest absolute Gasteiger partial charge is 0.305 e. The predicted octanol–water partition coefficient (Wildman–Crippen LogP) is 4.11. The monoisotopic (exact) mass is 523 g/mol. The Kier molecular flexibility index (Phi) is 6.88. The second-order valence-electron chi connectivity index (χ2n) is 11.3. The maximum absolute atomic E-state index is 15.1. The highest BCUT2D eigenvalue weighted by atomic mass is 19.1. The number of halogens is 1. The van der Waals surface area contributed by atoms with Crippen LogP contribution in [0.5, 0.6) is 5.88 Å². The molecule has 0 bridgehead atoms. The minimum absolute atomic E-state index is 0.102. The minimum atomic E-state index is -0.905. The summed E-state index contributed by atoms with van der Waals surface area (Å²) in [5.74, 6) is -0.846. The van der Waals surface area contributed by atoms with E-state index in [9.17, 15) is 14.4 Å². The van der Waals surface area contributed by atoms with Crippen molar-refractivity contribution in [2.24, 2.45) is 11.8 Å². The molecule has 1 aromatic carbocycles. The molecule has 1 aliphatic heterocycles. The van der Waals surface area contributed by atoms with E-state index in [-0.39, 0.29) is 41.4 Å². The maximum atomic E-state index is 15.1. The lowest BCUT2D eigenvalue weighted by molar-refractivity contribution is -0.150. The van der Waals surface area contributed by atoms with Gasteiger partial charge in [0.1, 0.15) is 11.9 Å². The van der Waals surface area contributed by atoms with Crippen molar-refractivity contribution < 1.29 is 28.2 Å². The van der Waals surface area contributed by atoms with Crippen LogP contribution in [0.4, 0.5) is 10.1 Å². The van der Waals surface area contributed by atoms with E-state index in [0.29, 0.717) is 54.2 Å². The number of rotatable bonds is 6. The SMILES string of the molecule is COC(=O)CC1CC(C(=O)N2CCc3nc(OC)ccc3[C@@H]2C(=O)Nc2cc(F)c3c(c2)CCC3(C)C)C1. The number of carbonyl (C=O) groups is 3. The lowest BCUT2D eigenvalue weighted by Crippen LogP contribution is -2.50. The summed E-state index contributed by atoms with van der Waals surface area (Å²) in [6.45, 7) is 4.38. The van der Waals surface area contributed by atoms with Gasteiger partial charge in [-0.2, -0.15) is 0 Å². The van der Waals surface area contributed by atoms with Crippen molar-refractivity contribution in [2.45, 2.75) is 63.8 Å². The van der Waals surface area contributed by atoms with Gasteiger partial charge in [0.25, 0.3) is 5.91 Å². The van der Waals surface area contributed by atoms with Crippen molar-refractivity contribution in [3.05, 3.63) is 52.5 Å². The number of pyridine rings is 1. The van der Waals surface area contributed by atoms with E-state index in [0.717, 1.165) is 18.4 Å². The van der Waals surface area contributed by atoms with Gasteiger partial charge in [0.15, 0.2) is 0 Å². The Morgan fingerprint density at radius 1 is 1.16 bits per heavy atom. The topological polar surface area (TPSA) is 97.8 Å². The van der Waals surface area contributed by atoms with Crippen LogP contribution in [0.1, 0.15) is 68.0 Å². The molecule has 0 saturated heterocycles. The summed E-state index contributed by atoms with van der Waals surface area (Å²) in [4.78, 5) is 45.1. The number of hydrogen-bond donors (Lipinski definition) is 1. The van der Waals surface area contributed by atoms with E-state index < -0.39 is 11.9 Å². The van der Waals surface area contributed by atoms with E-state index in [4.69, 9.17) is 9.47 Å². The lowest BCUT2D eigenvalue weighted by Gasteiger charge is -2.42. The number of nitrogens with zero attached hydrogens (tertiary/aromatic N) is 2. The van der Waals surface area contributed by atoms with Crippen LogP contribution in [0.3, 0.4) is 0 Å². The highest BCUT2D eigenvalue weighted by Crippen LogP contribution is 2.43. The zero-order chi connectivity index (χ0) is 27.2. The first kappa shape index (κ1) is 26.1. The molecule has 1 atom stereocenters. The molecule has 8 nitrogen and oxygen atoms in total. The summed E-state index contributed by atoms with van der Waals surface area (Å²) < 4.78 is 25.1. The number of esters is 1. The maximum Gasteiger partial charge on any atom is 0.305 e. The van der Waals surface area contributed by atoms with Gasteiger partial charge < -0.3 is 19.7 Å². The number of benzene rings is 1. The number of hydrogen-bond acceptors (Lipinski definition) is 6. The summed E-state index contributed by atoms with van der Waals surface area (Å²) in [6.07, 6.45) is 3.54. The van der Waals surface area contributed by atoms with Crippen molar-refractivity contribution in [2.75, 3.05) is 26.1 Å². The van der Waals surface area contributed by atoms with E-state index in [1.54, 1.807) is 17.0 Å². The summed E-state index contributed by atoms with van der Waals surface area (Å²) in [5.41, 5.74) is 3.08. The fraction of sp³-hybridized carbons (Fsp3) is 0.517. The molecule has 1 saturated carbocycles. The second kappa shape index (κ2) is 10.0. The third-order valence-electron chi connectivity index (χ3n) is 8.32. The van der Waals surface area contributed by atoms with Gasteiger partial charge in [-0.05, 0) is 66.3 Å². The number of methoxy groups -OCH3 is 2. The van der Waals surface area contributed by atoms with Gasteiger partial charge in [-0.3, -0.25) is 14.4 Å². The summed E-state index contributed by atoms with van der Waals surface area (Å²) in [6, 6.07) is 5.76. The number of nitrogens with one attached hydrogen (secondary N) is 1. The van der Waals surface area contributed by atoms with Crippen LogP contribution in [-0.2, 0) is 37.4 Å². The molecule has 1 aromatic heterocycles. The van der Waals surface area contributed by atoms with Gasteiger partial charge >= 0.3 is 5.97 Å². The largest absolute Gasteiger partial charge is 0.481 e. The Labute approximate surface area is 221 Å². The van der Waals surface area contributed by atoms with Gasteiger partial charge in [-0.15, -0.1) is 0 Å². The van der Waals surface area contributed by atoms with E-state index >= 15 is 4.39 Å². The molecular weight excluding hydrogens is 489 g/mol. The van der Waals surface area contributed by atoms with Crippen LogP contribution in [0.2, 0.25) is 0 Å². The Bertz CT molecular complexity index is 1290. The number of anilines is 1. The lowest BCUT2D eigenvalue weighted by atomic mass is 9.72. The van der Waals surface area contributed by atoms with Gasteiger partial charge in [0.2, 0.25) is 11.8 Å². The molecule has 1 N–H and O–H groups in total. The number of aryl methyl sites for hydroxylation is 1. The fourth-order valence-electron chi connectivity index (χ4n) is 6.23. The molecule has 2 amide bonds. The molecule has 0 radical (unpaired) electrons. The molecule has 3 aliphatic rings. The van der Waals surface area contributed by atoms with Gasteiger partial charge in [-0.25, -0.2) is 9.37 Å². The number of amides is 2. The second-order valence-corrected chi connectivity index (χ2v) is 11.3. The summed E-state index contributed by atoms with van der Waals surface area (Å²) in [5, 5.41) is 2.89. The molecule has 9 heteroatoms. The van der Waals surface area contributed by atoms with Crippen LogP contribution in [-0.4, -0.2) is 48.4 Å². The zero-order valence-electron chi connectivity index (χ0n) is 22.3. The van der Waals surface area contributed by atoms with E-state index in [1.807, 2.05) is 19.9 Å². The number of fused-ring (bicyclic) bond motifs is 2. The van der Waals surface area contributed by atoms with Crippen molar-refractivity contribution in [1.29, 1.82) is 0 Å². The molecule has 2 heterocycles. The molecular formula is C29H34FN3O5. The Morgan fingerprint density at radius 3 is 2.63 bits per heavy atom. The molecule has 2 aromatic rings. The molecule has 202 valence electrons. The first-order valence-corrected chi connectivity index (χ1v) is 13.2. The predicted molar refractivity (Wildman–Crippen MR) is 138 cm³/mol. The normalized spacial score (nSPS) is 23.1. The number of ether oxygens (including phenoxy) is 2. The van der Waals surface area contributed by atoms with Crippen molar-refractivity contribution in [3.8, 4) is 5.88 Å². The van der Waals surface area contributed by atoms with E-state index in [1.165, 1.54) is 20.3 Å². The van der Waals surface area contributed by atoms with Crippen LogP contribution in [0, 0.1) is 17.7 Å². The van der Waals surface area contributed by atoms with Gasteiger partial charge in [0.05, 0.1) is 19.9 Å². The molecule has 0 unspecified atom stereocenters. The third-order valence-corrected chi connectivity index (χ3v) is 8.32. The van der Waals surface area contributed by atoms with E-state index in [2.05, 4.69) is 10.3 Å². The molecule has 2 aliphatic carbocycles. The average Bonchev–Trinajstić information content (AvgIpc) is 3.18. The zero-order valence-corrected chi connectivity index (χ0v) is 22.3.